The normalized spacial score (nSPS) is 24.6. The summed E-state index contributed by atoms with van der Waals surface area (Å²) in [5.41, 5.74) is -0.519. The number of nitrogens with zero attached hydrogens (tertiary/aromatic N) is 1. The van der Waals surface area contributed by atoms with Crippen LogP contribution in [-0.4, -0.2) is 42.3 Å². The third-order valence-corrected chi connectivity index (χ3v) is 3.12. The van der Waals surface area contributed by atoms with E-state index >= 15 is 0 Å². The number of hydrogen-bond donors (Lipinski definition) is 0. The molecular weight excluding hydrogens is 234 g/mol. The molecule has 1 aliphatic heterocycles. The van der Waals surface area contributed by atoms with E-state index < -0.39 is 5.60 Å². The molecule has 2 atom stereocenters. The van der Waals surface area contributed by atoms with Gasteiger partial charge in [-0.2, -0.15) is 0 Å². The summed E-state index contributed by atoms with van der Waals surface area (Å²) in [7, 11) is 1.38. The molecule has 0 aromatic carbocycles. The molecule has 0 bridgehead atoms. The number of esters is 1. The SMILES string of the molecule is COC(=O)[C@H]1CCCN(C(=O)OC(C)(C)C)[C@H]1C. The van der Waals surface area contributed by atoms with Crippen molar-refractivity contribution in [3.8, 4) is 0 Å². The molecule has 0 aromatic rings. The van der Waals surface area contributed by atoms with Gasteiger partial charge >= 0.3 is 12.1 Å². The van der Waals surface area contributed by atoms with E-state index in [1.807, 2.05) is 27.7 Å². The third-order valence-electron chi connectivity index (χ3n) is 3.12. The second-order valence-corrected chi connectivity index (χ2v) is 5.69. The first-order valence-electron chi connectivity index (χ1n) is 6.33. The van der Waals surface area contributed by atoms with Crippen LogP contribution in [0.1, 0.15) is 40.5 Å². The van der Waals surface area contributed by atoms with Crippen LogP contribution in [0, 0.1) is 5.92 Å². The molecule has 0 aliphatic carbocycles. The number of piperidine rings is 1. The maximum Gasteiger partial charge on any atom is 0.410 e. The fourth-order valence-electron chi connectivity index (χ4n) is 2.19. The molecule has 1 fully saturated rings. The Bertz CT molecular complexity index is 321. The van der Waals surface area contributed by atoms with E-state index in [0.717, 1.165) is 12.8 Å². The number of ether oxygens (including phenoxy) is 2. The summed E-state index contributed by atoms with van der Waals surface area (Å²) >= 11 is 0. The molecule has 5 nitrogen and oxygen atoms in total. The number of amides is 1. The number of carbonyl (C=O) groups is 2. The highest BCUT2D eigenvalue weighted by molar-refractivity contribution is 5.75. The molecule has 1 aliphatic rings. The van der Waals surface area contributed by atoms with Gasteiger partial charge in [0.25, 0.3) is 0 Å². The standard InChI is InChI=1S/C13H23NO4/c1-9-10(11(15)17-5)7-6-8-14(9)12(16)18-13(2,3)4/h9-10H,6-8H2,1-5H3/t9-,10-/m0/s1. The van der Waals surface area contributed by atoms with Crippen molar-refractivity contribution < 1.29 is 19.1 Å². The molecule has 0 unspecified atom stereocenters. The number of likely N-dealkylation sites (tertiary alicyclic amines) is 1. The van der Waals surface area contributed by atoms with E-state index in [2.05, 4.69) is 0 Å². The second kappa shape index (κ2) is 5.59. The fraction of sp³-hybridized carbons (Fsp3) is 0.846. The van der Waals surface area contributed by atoms with Crippen LogP contribution in [0.2, 0.25) is 0 Å². The van der Waals surface area contributed by atoms with Crippen LogP contribution < -0.4 is 0 Å². The first-order valence-corrected chi connectivity index (χ1v) is 6.33. The number of rotatable bonds is 1. The van der Waals surface area contributed by atoms with Crippen LogP contribution in [0.25, 0.3) is 0 Å². The summed E-state index contributed by atoms with van der Waals surface area (Å²) in [6.07, 6.45) is 1.19. The van der Waals surface area contributed by atoms with E-state index in [4.69, 9.17) is 9.47 Å². The van der Waals surface area contributed by atoms with Crippen molar-refractivity contribution in [2.75, 3.05) is 13.7 Å². The number of carbonyl (C=O) groups excluding carboxylic acids is 2. The van der Waals surface area contributed by atoms with Crippen LogP contribution in [0.15, 0.2) is 0 Å². The van der Waals surface area contributed by atoms with Crippen molar-refractivity contribution in [3.63, 3.8) is 0 Å². The molecule has 0 saturated carbocycles. The quantitative estimate of drug-likeness (QED) is 0.676. The zero-order valence-electron chi connectivity index (χ0n) is 11.9. The highest BCUT2D eigenvalue weighted by Crippen LogP contribution is 2.26. The molecule has 1 amide bonds. The van der Waals surface area contributed by atoms with Gasteiger partial charge in [-0.25, -0.2) is 4.79 Å². The Morgan fingerprint density at radius 2 is 1.89 bits per heavy atom. The van der Waals surface area contributed by atoms with E-state index in [-0.39, 0.29) is 24.0 Å². The van der Waals surface area contributed by atoms with Gasteiger partial charge in [-0.1, -0.05) is 0 Å². The Labute approximate surface area is 108 Å². The second-order valence-electron chi connectivity index (χ2n) is 5.69. The lowest BCUT2D eigenvalue weighted by atomic mass is 9.90. The van der Waals surface area contributed by atoms with Crippen LogP contribution in [0.4, 0.5) is 4.79 Å². The first-order chi connectivity index (χ1) is 8.26. The van der Waals surface area contributed by atoms with Gasteiger partial charge in [0.2, 0.25) is 0 Å². The molecule has 1 heterocycles. The van der Waals surface area contributed by atoms with Crippen molar-refractivity contribution in [2.24, 2.45) is 5.92 Å². The summed E-state index contributed by atoms with van der Waals surface area (Å²) in [6, 6.07) is -0.180. The lowest BCUT2D eigenvalue weighted by Gasteiger charge is -2.38. The van der Waals surface area contributed by atoms with Gasteiger partial charge in [0.05, 0.1) is 13.0 Å². The summed E-state index contributed by atoms with van der Waals surface area (Å²) < 4.78 is 10.1. The van der Waals surface area contributed by atoms with Crippen molar-refractivity contribution >= 4 is 12.1 Å². The maximum absolute atomic E-state index is 12.0. The summed E-state index contributed by atoms with van der Waals surface area (Å²) in [6.45, 7) is 7.99. The highest BCUT2D eigenvalue weighted by Gasteiger charge is 2.37. The predicted molar refractivity (Wildman–Crippen MR) is 67.1 cm³/mol. The lowest BCUT2D eigenvalue weighted by Crippen LogP contribution is -2.50. The summed E-state index contributed by atoms with van der Waals surface area (Å²) in [5.74, 6) is -0.507. The average Bonchev–Trinajstić information content (AvgIpc) is 2.26. The maximum atomic E-state index is 12.0. The predicted octanol–water partition coefficient (Wildman–Crippen LogP) is 2.20. The topological polar surface area (TPSA) is 55.8 Å². The Kier molecular flexibility index (Phi) is 4.59. The van der Waals surface area contributed by atoms with Crippen molar-refractivity contribution in [1.82, 2.24) is 4.90 Å². The molecule has 1 rings (SSSR count). The van der Waals surface area contributed by atoms with Crippen LogP contribution >= 0.6 is 0 Å². The van der Waals surface area contributed by atoms with E-state index in [1.165, 1.54) is 7.11 Å². The molecule has 0 N–H and O–H groups in total. The van der Waals surface area contributed by atoms with Crippen molar-refractivity contribution in [3.05, 3.63) is 0 Å². The summed E-state index contributed by atoms with van der Waals surface area (Å²) in [4.78, 5) is 25.3. The van der Waals surface area contributed by atoms with Gasteiger partial charge in [-0.05, 0) is 40.5 Å². The van der Waals surface area contributed by atoms with E-state index in [9.17, 15) is 9.59 Å². The van der Waals surface area contributed by atoms with Gasteiger partial charge in [0, 0.05) is 12.6 Å². The molecule has 18 heavy (non-hydrogen) atoms. The average molecular weight is 257 g/mol. The van der Waals surface area contributed by atoms with Gasteiger partial charge in [-0.15, -0.1) is 0 Å². The van der Waals surface area contributed by atoms with Crippen molar-refractivity contribution in [1.29, 1.82) is 0 Å². The van der Waals surface area contributed by atoms with Crippen LogP contribution in [-0.2, 0) is 14.3 Å². The monoisotopic (exact) mass is 257 g/mol. The van der Waals surface area contributed by atoms with Crippen LogP contribution in [0.5, 0.6) is 0 Å². The minimum atomic E-state index is -0.519. The minimum absolute atomic E-state index is 0.180. The third kappa shape index (κ3) is 3.62. The Hall–Kier alpha value is -1.26. The molecule has 1 saturated heterocycles. The molecular formula is C13H23NO4. The minimum Gasteiger partial charge on any atom is -0.469 e. The smallest absolute Gasteiger partial charge is 0.410 e. The van der Waals surface area contributed by atoms with Gasteiger partial charge in [-0.3, -0.25) is 4.79 Å². The Morgan fingerprint density at radius 1 is 1.28 bits per heavy atom. The number of methoxy groups -OCH3 is 1. The lowest BCUT2D eigenvalue weighted by molar-refractivity contribution is -0.149. The highest BCUT2D eigenvalue weighted by atomic mass is 16.6. The zero-order valence-corrected chi connectivity index (χ0v) is 11.9. The molecule has 5 heteroatoms. The van der Waals surface area contributed by atoms with Gasteiger partial charge in [0.15, 0.2) is 0 Å². The van der Waals surface area contributed by atoms with Gasteiger partial charge < -0.3 is 14.4 Å². The molecule has 0 aromatic heterocycles. The largest absolute Gasteiger partial charge is 0.469 e. The van der Waals surface area contributed by atoms with Crippen LogP contribution in [0.3, 0.4) is 0 Å². The van der Waals surface area contributed by atoms with E-state index in [1.54, 1.807) is 4.90 Å². The van der Waals surface area contributed by atoms with Crippen molar-refractivity contribution in [2.45, 2.75) is 52.2 Å². The molecule has 0 spiro atoms. The zero-order chi connectivity index (χ0) is 13.9. The Balaban J connectivity index is 2.71. The summed E-state index contributed by atoms with van der Waals surface area (Å²) in [5, 5.41) is 0. The number of hydrogen-bond acceptors (Lipinski definition) is 4. The first kappa shape index (κ1) is 14.8. The molecule has 104 valence electrons. The fourth-order valence-corrected chi connectivity index (χ4v) is 2.19. The van der Waals surface area contributed by atoms with Gasteiger partial charge in [0.1, 0.15) is 5.60 Å². The Morgan fingerprint density at radius 3 is 2.39 bits per heavy atom. The molecule has 0 radical (unpaired) electrons. The van der Waals surface area contributed by atoms with E-state index in [0.29, 0.717) is 6.54 Å².